The Kier molecular flexibility index (Phi) is 5.14. The second-order valence-corrected chi connectivity index (χ2v) is 5.65. The first-order valence-electron chi connectivity index (χ1n) is 7.54. The molecule has 1 saturated heterocycles. The van der Waals surface area contributed by atoms with E-state index in [4.69, 9.17) is 5.73 Å². The summed E-state index contributed by atoms with van der Waals surface area (Å²) in [6, 6.07) is 0.218. The zero-order valence-electron chi connectivity index (χ0n) is 12.2. The first kappa shape index (κ1) is 14.3. The van der Waals surface area contributed by atoms with E-state index in [1.807, 2.05) is 12.4 Å². The SMILES string of the molecule is CCCC1CCN(c2ncc(CC(N)CC)cn2)C1. The van der Waals surface area contributed by atoms with Gasteiger partial charge < -0.3 is 10.6 Å². The van der Waals surface area contributed by atoms with Crippen LogP contribution in [-0.2, 0) is 6.42 Å². The molecule has 19 heavy (non-hydrogen) atoms. The molecule has 1 fully saturated rings. The number of hydrogen-bond acceptors (Lipinski definition) is 4. The standard InChI is InChI=1S/C15H26N4/c1-3-5-12-6-7-19(11-12)15-17-9-13(10-18-15)8-14(16)4-2/h9-10,12,14H,3-8,11,16H2,1-2H3. The maximum absolute atomic E-state index is 5.95. The Morgan fingerprint density at radius 2 is 2.11 bits per heavy atom. The van der Waals surface area contributed by atoms with Crippen LogP contribution in [0, 0.1) is 5.92 Å². The van der Waals surface area contributed by atoms with Gasteiger partial charge in [0.2, 0.25) is 5.95 Å². The van der Waals surface area contributed by atoms with Crippen LogP contribution in [0.5, 0.6) is 0 Å². The fourth-order valence-corrected chi connectivity index (χ4v) is 2.72. The minimum Gasteiger partial charge on any atom is -0.341 e. The lowest BCUT2D eigenvalue weighted by molar-refractivity contribution is 0.529. The van der Waals surface area contributed by atoms with E-state index in [1.165, 1.54) is 19.3 Å². The second-order valence-electron chi connectivity index (χ2n) is 5.65. The van der Waals surface area contributed by atoms with Crippen molar-refractivity contribution in [3.63, 3.8) is 0 Å². The Hall–Kier alpha value is -1.16. The van der Waals surface area contributed by atoms with Gasteiger partial charge in [0, 0.05) is 31.5 Å². The van der Waals surface area contributed by atoms with Gasteiger partial charge in [-0.1, -0.05) is 20.3 Å². The third-order valence-corrected chi connectivity index (χ3v) is 3.98. The van der Waals surface area contributed by atoms with E-state index in [1.54, 1.807) is 0 Å². The molecule has 0 radical (unpaired) electrons. The highest BCUT2D eigenvalue weighted by Gasteiger charge is 2.23. The molecule has 0 saturated carbocycles. The van der Waals surface area contributed by atoms with Crippen molar-refractivity contribution in [3.05, 3.63) is 18.0 Å². The number of nitrogens with zero attached hydrogens (tertiary/aromatic N) is 3. The maximum atomic E-state index is 5.95. The van der Waals surface area contributed by atoms with Crippen molar-refractivity contribution in [1.29, 1.82) is 0 Å². The maximum Gasteiger partial charge on any atom is 0.225 e. The molecule has 0 bridgehead atoms. The van der Waals surface area contributed by atoms with Crippen LogP contribution in [0.4, 0.5) is 5.95 Å². The summed E-state index contributed by atoms with van der Waals surface area (Å²) >= 11 is 0. The van der Waals surface area contributed by atoms with Crippen LogP contribution in [0.3, 0.4) is 0 Å². The fourth-order valence-electron chi connectivity index (χ4n) is 2.72. The first-order valence-corrected chi connectivity index (χ1v) is 7.54. The summed E-state index contributed by atoms with van der Waals surface area (Å²) in [5, 5.41) is 0. The zero-order valence-corrected chi connectivity index (χ0v) is 12.2. The van der Waals surface area contributed by atoms with E-state index >= 15 is 0 Å². The molecule has 2 atom stereocenters. The molecule has 106 valence electrons. The molecule has 2 unspecified atom stereocenters. The number of rotatable bonds is 6. The molecule has 0 amide bonds. The van der Waals surface area contributed by atoms with Crippen LogP contribution < -0.4 is 10.6 Å². The lowest BCUT2D eigenvalue weighted by Gasteiger charge is -2.16. The summed E-state index contributed by atoms with van der Waals surface area (Å²) in [6.45, 7) is 6.57. The molecule has 1 aliphatic heterocycles. The van der Waals surface area contributed by atoms with Gasteiger partial charge in [-0.3, -0.25) is 0 Å². The number of aromatic nitrogens is 2. The summed E-state index contributed by atoms with van der Waals surface area (Å²) in [4.78, 5) is 11.3. The highest BCUT2D eigenvalue weighted by atomic mass is 15.3. The van der Waals surface area contributed by atoms with Gasteiger partial charge in [0.15, 0.2) is 0 Å². The molecule has 1 aliphatic rings. The third kappa shape index (κ3) is 3.90. The Morgan fingerprint density at radius 1 is 1.37 bits per heavy atom. The second kappa shape index (κ2) is 6.85. The molecule has 2 N–H and O–H groups in total. The average Bonchev–Trinajstić information content (AvgIpc) is 2.88. The van der Waals surface area contributed by atoms with Crippen molar-refractivity contribution in [2.45, 2.75) is 52.0 Å². The topological polar surface area (TPSA) is 55.0 Å². The van der Waals surface area contributed by atoms with Gasteiger partial charge in [0.1, 0.15) is 0 Å². The summed E-state index contributed by atoms with van der Waals surface area (Å²) in [5.74, 6) is 1.70. The fraction of sp³-hybridized carbons (Fsp3) is 0.733. The van der Waals surface area contributed by atoms with Gasteiger partial charge >= 0.3 is 0 Å². The Bertz CT molecular complexity index is 376. The van der Waals surface area contributed by atoms with Crippen LogP contribution in [0.25, 0.3) is 0 Å². The highest BCUT2D eigenvalue weighted by Crippen LogP contribution is 2.23. The Balaban J connectivity index is 1.92. The van der Waals surface area contributed by atoms with Crippen LogP contribution in [0.15, 0.2) is 12.4 Å². The number of nitrogens with two attached hydrogens (primary N) is 1. The lowest BCUT2D eigenvalue weighted by atomic mass is 10.0. The van der Waals surface area contributed by atoms with Crippen LogP contribution in [-0.4, -0.2) is 29.1 Å². The molecule has 0 aromatic carbocycles. The summed E-state index contributed by atoms with van der Waals surface area (Å²) < 4.78 is 0. The van der Waals surface area contributed by atoms with Gasteiger partial charge in [-0.15, -0.1) is 0 Å². The largest absolute Gasteiger partial charge is 0.341 e. The summed E-state index contributed by atoms with van der Waals surface area (Å²) in [7, 11) is 0. The molecule has 4 heteroatoms. The van der Waals surface area contributed by atoms with Crippen LogP contribution in [0.1, 0.15) is 45.1 Å². The van der Waals surface area contributed by atoms with Gasteiger partial charge in [-0.2, -0.15) is 0 Å². The van der Waals surface area contributed by atoms with Gasteiger partial charge in [-0.05, 0) is 37.2 Å². The van der Waals surface area contributed by atoms with Gasteiger partial charge in [-0.25, -0.2) is 9.97 Å². The summed E-state index contributed by atoms with van der Waals surface area (Å²) in [6.07, 6.45) is 9.60. The van der Waals surface area contributed by atoms with E-state index in [2.05, 4.69) is 28.7 Å². The Labute approximate surface area is 116 Å². The van der Waals surface area contributed by atoms with E-state index in [0.717, 1.165) is 43.4 Å². The van der Waals surface area contributed by atoms with Gasteiger partial charge in [0.05, 0.1) is 0 Å². The molecule has 2 rings (SSSR count). The predicted molar refractivity (Wildman–Crippen MR) is 79.2 cm³/mol. The molecular weight excluding hydrogens is 236 g/mol. The quantitative estimate of drug-likeness (QED) is 0.855. The third-order valence-electron chi connectivity index (χ3n) is 3.98. The van der Waals surface area contributed by atoms with Crippen molar-refractivity contribution < 1.29 is 0 Å². The molecule has 1 aromatic heterocycles. The lowest BCUT2D eigenvalue weighted by Crippen LogP contribution is -2.23. The molecule has 2 heterocycles. The smallest absolute Gasteiger partial charge is 0.225 e. The van der Waals surface area contributed by atoms with E-state index in [9.17, 15) is 0 Å². The highest BCUT2D eigenvalue weighted by molar-refractivity contribution is 5.31. The molecule has 4 nitrogen and oxygen atoms in total. The van der Waals surface area contributed by atoms with Crippen molar-refractivity contribution in [1.82, 2.24) is 9.97 Å². The minimum absolute atomic E-state index is 0.218. The number of anilines is 1. The zero-order chi connectivity index (χ0) is 13.7. The van der Waals surface area contributed by atoms with Crippen LogP contribution in [0.2, 0.25) is 0 Å². The van der Waals surface area contributed by atoms with Crippen LogP contribution >= 0.6 is 0 Å². The Morgan fingerprint density at radius 3 is 2.74 bits per heavy atom. The first-order chi connectivity index (χ1) is 9.22. The summed E-state index contributed by atoms with van der Waals surface area (Å²) in [5.41, 5.74) is 7.09. The molecule has 1 aromatic rings. The molecule has 0 spiro atoms. The number of hydrogen-bond donors (Lipinski definition) is 1. The normalized spacial score (nSPS) is 20.8. The van der Waals surface area contributed by atoms with Crippen molar-refractivity contribution in [3.8, 4) is 0 Å². The van der Waals surface area contributed by atoms with Gasteiger partial charge in [0.25, 0.3) is 0 Å². The molecular formula is C15H26N4. The van der Waals surface area contributed by atoms with Crippen molar-refractivity contribution in [2.24, 2.45) is 11.7 Å². The van der Waals surface area contributed by atoms with E-state index < -0.39 is 0 Å². The molecule has 0 aliphatic carbocycles. The predicted octanol–water partition coefficient (Wildman–Crippen LogP) is 2.38. The monoisotopic (exact) mass is 262 g/mol. The van der Waals surface area contributed by atoms with E-state index in [0.29, 0.717) is 0 Å². The van der Waals surface area contributed by atoms with Crippen molar-refractivity contribution >= 4 is 5.95 Å². The van der Waals surface area contributed by atoms with E-state index in [-0.39, 0.29) is 6.04 Å². The van der Waals surface area contributed by atoms with Crippen molar-refractivity contribution in [2.75, 3.05) is 18.0 Å². The minimum atomic E-state index is 0.218. The average molecular weight is 262 g/mol.